The first-order chi connectivity index (χ1) is 13.3. The third-order valence-corrected chi connectivity index (χ3v) is 6.05. The number of aryl methyl sites for hydroxylation is 1. The topological polar surface area (TPSA) is 83.4 Å². The van der Waals surface area contributed by atoms with Gasteiger partial charge in [0.2, 0.25) is 0 Å². The first-order valence-corrected chi connectivity index (χ1v) is 12.4. The molecular formula is C20H31IN4O2S2. The van der Waals surface area contributed by atoms with Gasteiger partial charge in [-0.1, -0.05) is 29.8 Å². The molecule has 0 saturated heterocycles. The Balaban J connectivity index is 0.00000420. The van der Waals surface area contributed by atoms with E-state index in [4.69, 9.17) is 4.98 Å². The van der Waals surface area contributed by atoms with Gasteiger partial charge in [0.1, 0.15) is 14.8 Å². The Morgan fingerprint density at radius 3 is 2.59 bits per heavy atom. The molecule has 29 heavy (non-hydrogen) atoms. The number of hydrogen-bond donors (Lipinski definition) is 2. The monoisotopic (exact) mass is 550 g/mol. The van der Waals surface area contributed by atoms with Crippen LogP contribution in [0.3, 0.4) is 0 Å². The third-order valence-electron chi connectivity index (χ3n) is 4.14. The second-order valence-corrected chi connectivity index (χ2v) is 10.1. The summed E-state index contributed by atoms with van der Waals surface area (Å²) in [7, 11) is -2.95. The number of halogens is 1. The normalized spacial score (nSPS) is 12.9. The fourth-order valence-corrected chi connectivity index (χ4v) is 4.19. The van der Waals surface area contributed by atoms with Crippen molar-refractivity contribution in [2.45, 2.75) is 39.7 Å². The van der Waals surface area contributed by atoms with Crippen LogP contribution in [0.1, 0.15) is 31.5 Å². The summed E-state index contributed by atoms with van der Waals surface area (Å²) in [5.74, 6) is 0.874. The number of guanidine groups is 1. The van der Waals surface area contributed by atoms with E-state index in [1.54, 1.807) is 11.3 Å². The van der Waals surface area contributed by atoms with E-state index in [1.807, 2.05) is 13.8 Å². The number of nitrogens with zero attached hydrogens (tertiary/aromatic N) is 2. The standard InChI is InChI=1S/C20H30N4O2S2.HI/c1-5-21-20(23-16(3)11-13-28(4,25)26)22-12-10-18-14-27-19(24-18)17-8-6-15(2)7-9-17;/h6-9,14,16H,5,10-13H2,1-4H3,(H2,21,22,23);1H. The van der Waals surface area contributed by atoms with Gasteiger partial charge < -0.3 is 10.6 Å². The molecule has 0 aliphatic rings. The lowest BCUT2D eigenvalue weighted by Gasteiger charge is -2.17. The highest BCUT2D eigenvalue weighted by Crippen LogP contribution is 2.24. The summed E-state index contributed by atoms with van der Waals surface area (Å²) in [4.78, 5) is 9.31. The zero-order valence-corrected chi connectivity index (χ0v) is 21.4. The molecule has 1 unspecified atom stereocenters. The molecule has 0 amide bonds. The Hall–Kier alpha value is -1.20. The van der Waals surface area contributed by atoms with Gasteiger partial charge in [-0.05, 0) is 27.2 Å². The molecule has 9 heteroatoms. The van der Waals surface area contributed by atoms with Gasteiger partial charge in [0.15, 0.2) is 5.96 Å². The van der Waals surface area contributed by atoms with Crippen molar-refractivity contribution in [3.8, 4) is 10.6 Å². The van der Waals surface area contributed by atoms with Crippen molar-refractivity contribution >= 4 is 51.1 Å². The predicted molar refractivity (Wildman–Crippen MR) is 134 cm³/mol. The van der Waals surface area contributed by atoms with Crippen LogP contribution >= 0.6 is 35.3 Å². The van der Waals surface area contributed by atoms with Crippen LogP contribution in [0.5, 0.6) is 0 Å². The second-order valence-electron chi connectivity index (χ2n) is 6.98. The van der Waals surface area contributed by atoms with Gasteiger partial charge in [0.05, 0.1) is 11.4 Å². The van der Waals surface area contributed by atoms with Crippen LogP contribution in [0.2, 0.25) is 0 Å². The van der Waals surface area contributed by atoms with Crippen molar-refractivity contribution < 1.29 is 8.42 Å². The molecular weight excluding hydrogens is 519 g/mol. The summed E-state index contributed by atoms with van der Waals surface area (Å²) in [6.07, 6.45) is 2.57. The van der Waals surface area contributed by atoms with Gasteiger partial charge in [-0.25, -0.2) is 13.4 Å². The van der Waals surface area contributed by atoms with Gasteiger partial charge >= 0.3 is 0 Å². The van der Waals surface area contributed by atoms with Crippen LogP contribution < -0.4 is 10.6 Å². The molecule has 0 aliphatic heterocycles. The fourth-order valence-electron chi connectivity index (χ4n) is 2.55. The highest BCUT2D eigenvalue weighted by atomic mass is 127. The molecule has 0 radical (unpaired) electrons. The Morgan fingerprint density at radius 2 is 1.97 bits per heavy atom. The molecule has 6 nitrogen and oxygen atoms in total. The third kappa shape index (κ3) is 9.90. The molecule has 2 aromatic rings. The number of aromatic nitrogens is 1. The average Bonchev–Trinajstić information content (AvgIpc) is 3.09. The molecule has 0 bridgehead atoms. The summed E-state index contributed by atoms with van der Waals surface area (Å²) < 4.78 is 22.6. The van der Waals surface area contributed by atoms with E-state index >= 15 is 0 Å². The number of rotatable bonds is 9. The smallest absolute Gasteiger partial charge is 0.191 e. The summed E-state index contributed by atoms with van der Waals surface area (Å²) in [5, 5.41) is 9.58. The van der Waals surface area contributed by atoms with E-state index in [-0.39, 0.29) is 35.8 Å². The number of thiazole rings is 1. The molecule has 162 valence electrons. The SMILES string of the molecule is CCNC(=NCCc1csc(-c2ccc(C)cc2)n1)NC(C)CCS(C)(=O)=O.I. The first kappa shape index (κ1) is 25.8. The largest absolute Gasteiger partial charge is 0.357 e. The minimum absolute atomic E-state index is 0. The Bertz CT molecular complexity index is 880. The summed E-state index contributed by atoms with van der Waals surface area (Å²) in [5.41, 5.74) is 3.41. The van der Waals surface area contributed by atoms with Crippen LogP contribution in [0, 0.1) is 6.92 Å². The van der Waals surface area contributed by atoms with Crippen molar-refractivity contribution in [1.29, 1.82) is 0 Å². The molecule has 1 atom stereocenters. The van der Waals surface area contributed by atoms with Crippen LogP contribution in [0.15, 0.2) is 34.6 Å². The van der Waals surface area contributed by atoms with Crippen molar-refractivity contribution in [1.82, 2.24) is 15.6 Å². The number of benzene rings is 1. The Kier molecular flexibility index (Phi) is 11.1. The molecule has 1 heterocycles. The van der Waals surface area contributed by atoms with Crippen LogP contribution in [0.4, 0.5) is 0 Å². The van der Waals surface area contributed by atoms with E-state index in [1.165, 1.54) is 11.8 Å². The van der Waals surface area contributed by atoms with Gasteiger partial charge in [-0.15, -0.1) is 35.3 Å². The maximum absolute atomic E-state index is 11.3. The maximum Gasteiger partial charge on any atom is 0.191 e. The summed E-state index contributed by atoms with van der Waals surface area (Å²) >= 11 is 1.65. The van der Waals surface area contributed by atoms with E-state index in [0.717, 1.165) is 29.2 Å². The van der Waals surface area contributed by atoms with Crippen molar-refractivity contribution in [3.05, 3.63) is 40.9 Å². The molecule has 1 aromatic heterocycles. The molecule has 0 saturated carbocycles. The van der Waals surface area contributed by atoms with Gasteiger partial charge in [-0.2, -0.15) is 0 Å². The average molecular weight is 551 g/mol. The molecule has 0 spiro atoms. The Labute approximate surface area is 195 Å². The number of hydrogen-bond acceptors (Lipinski definition) is 5. The second kappa shape index (κ2) is 12.5. The highest BCUT2D eigenvalue weighted by Gasteiger charge is 2.10. The van der Waals surface area contributed by atoms with E-state index < -0.39 is 9.84 Å². The minimum Gasteiger partial charge on any atom is -0.357 e. The highest BCUT2D eigenvalue weighted by molar-refractivity contribution is 14.0. The predicted octanol–water partition coefficient (Wildman–Crippen LogP) is 3.66. The minimum atomic E-state index is -2.95. The zero-order valence-electron chi connectivity index (χ0n) is 17.4. The number of aliphatic imine (C=N–C) groups is 1. The lowest BCUT2D eigenvalue weighted by Crippen LogP contribution is -2.43. The molecule has 1 aromatic carbocycles. The molecule has 0 aliphatic carbocycles. The summed E-state index contributed by atoms with van der Waals surface area (Å²) in [6.45, 7) is 7.41. The quantitative estimate of drug-likeness (QED) is 0.283. The van der Waals surface area contributed by atoms with Crippen molar-refractivity contribution in [3.63, 3.8) is 0 Å². The number of sulfone groups is 1. The summed E-state index contributed by atoms with van der Waals surface area (Å²) in [6, 6.07) is 8.42. The van der Waals surface area contributed by atoms with Crippen LogP contribution in [-0.4, -0.2) is 50.5 Å². The van der Waals surface area contributed by atoms with Crippen LogP contribution in [0.25, 0.3) is 10.6 Å². The van der Waals surface area contributed by atoms with Gasteiger partial charge in [0, 0.05) is 42.8 Å². The van der Waals surface area contributed by atoms with Gasteiger partial charge in [-0.3, -0.25) is 4.99 Å². The van der Waals surface area contributed by atoms with E-state index in [0.29, 0.717) is 18.9 Å². The molecule has 0 fully saturated rings. The van der Waals surface area contributed by atoms with Gasteiger partial charge in [0.25, 0.3) is 0 Å². The molecule has 2 N–H and O–H groups in total. The zero-order chi connectivity index (χ0) is 20.6. The van der Waals surface area contributed by atoms with E-state index in [9.17, 15) is 8.42 Å². The lowest BCUT2D eigenvalue weighted by molar-refractivity contribution is 0.581. The van der Waals surface area contributed by atoms with Crippen LogP contribution in [-0.2, 0) is 16.3 Å². The molecule has 2 rings (SSSR count). The van der Waals surface area contributed by atoms with E-state index in [2.05, 4.69) is 52.2 Å². The maximum atomic E-state index is 11.3. The Morgan fingerprint density at radius 1 is 1.28 bits per heavy atom. The lowest BCUT2D eigenvalue weighted by atomic mass is 10.2. The fraction of sp³-hybridized carbons (Fsp3) is 0.500. The first-order valence-electron chi connectivity index (χ1n) is 9.51. The van der Waals surface area contributed by atoms with Crippen molar-refractivity contribution in [2.24, 2.45) is 4.99 Å². The van der Waals surface area contributed by atoms with Crippen molar-refractivity contribution in [2.75, 3.05) is 25.1 Å². The number of nitrogens with one attached hydrogen (secondary N) is 2.